The van der Waals surface area contributed by atoms with E-state index in [1.54, 1.807) is 13.8 Å². The zero-order chi connectivity index (χ0) is 36.2. The molecule has 0 saturated carbocycles. The fourth-order valence-corrected chi connectivity index (χ4v) is 7.49. The third-order valence-electron chi connectivity index (χ3n) is 7.62. The van der Waals surface area contributed by atoms with Gasteiger partial charge < -0.3 is 30.9 Å². The molecule has 2 atom stereocenters. The van der Waals surface area contributed by atoms with Crippen LogP contribution in [-0.2, 0) is 28.6 Å². The van der Waals surface area contributed by atoms with Crippen LogP contribution in [0.5, 0.6) is 0 Å². The summed E-state index contributed by atoms with van der Waals surface area (Å²) in [5, 5.41) is 5.50. The summed E-state index contributed by atoms with van der Waals surface area (Å²) in [7, 11) is -8.14. The van der Waals surface area contributed by atoms with Crippen LogP contribution in [0.25, 0.3) is 0 Å². The Morgan fingerprint density at radius 2 is 1.56 bits per heavy atom. The van der Waals surface area contributed by atoms with E-state index in [4.69, 9.17) is 15.0 Å². The Labute approximate surface area is 314 Å². The number of methoxy groups -OCH3 is 1. The molecule has 0 fully saturated rings. The van der Waals surface area contributed by atoms with Gasteiger partial charge in [-0.25, -0.2) is 22.2 Å². The summed E-state index contributed by atoms with van der Waals surface area (Å²) < 4.78 is 64.0. The summed E-state index contributed by atoms with van der Waals surface area (Å²) in [6, 6.07) is 19.4. The van der Waals surface area contributed by atoms with Crippen molar-refractivity contribution in [1.82, 2.24) is 14.9 Å². The number of benzene rings is 3. The number of phosphoric acid groups is 1. The summed E-state index contributed by atoms with van der Waals surface area (Å²) >= 11 is 0. The number of ether oxygens (including phenoxy) is 1. The van der Waals surface area contributed by atoms with Crippen LogP contribution in [0.2, 0.25) is 0 Å². The Morgan fingerprint density at radius 3 is 2.06 bits per heavy atom. The van der Waals surface area contributed by atoms with E-state index in [1.165, 1.54) is 7.11 Å². The van der Waals surface area contributed by atoms with Crippen molar-refractivity contribution in [2.75, 3.05) is 32.5 Å². The van der Waals surface area contributed by atoms with Crippen molar-refractivity contribution < 1.29 is 46.0 Å². The fourth-order valence-electron chi connectivity index (χ4n) is 5.31. The summed E-state index contributed by atoms with van der Waals surface area (Å²) in [5.74, 6) is -2.19. The van der Waals surface area contributed by atoms with Gasteiger partial charge in [0.05, 0.1) is 24.3 Å². The van der Waals surface area contributed by atoms with E-state index >= 15 is 0 Å². The summed E-state index contributed by atoms with van der Waals surface area (Å²) in [5.41, 5.74) is 6.87. The number of phosphoric ester groups is 1. The summed E-state index contributed by atoms with van der Waals surface area (Å²) in [6.45, 7) is 2.96. The normalized spacial score (nSPS) is 13.1. The molecule has 3 aromatic rings. The molecular weight excluding hydrogens is 701 g/mol. The monoisotopic (exact) mass is 746 g/mol. The van der Waals surface area contributed by atoms with Crippen molar-refractivity contribution in [2.24, 2.45) is 5.92 Å². The first-order valence-corrected chi connectivity index (χ1v) is 18.6. The maximum atomic E-state index is 14.3. The number of hydrogen-bond acceptors (Lipinski definition) is 8. The van der Waals surface area contributed by atoms with Gasteiger partial charge in [-0.3, -0.25) is 9.32 Å². The number of amides is 2. The fraction of sp³-hybridized carbons (Fsp3) is 0.394. The van der Waals surface area contributed by atoms with Gasteiger partial charge in [-0.1, -0.05) is 80.9 Å². The number of rotatable bonds is 18. The van der Waals surface area contributed by atoms with Crippen molar-refractivity contribution in [3.63, 3.8) is 0 Å². The van der Waals surface area contributed by atoms with E-state index in [1.807, 2.05) is 60.7 Å². The van der Waals surface area contributed by atoms with Gasteiger partial charge in [0.15, 0.2) is 0 Å². The van der Waals surface area contributed by atoms with Gasteiger partial charge in [0.2, 0.25) is 15.9 Å². The van der Waals surface area contributed by atoms with Crippen LogP contribution < -0.4 is 16.4 Å². The van der Waals surface area contributed by atoms with Gasteiger partial charge in [-0.15, -0.1) is 0 Å². The van der Waals surface area contributed by atoms with Gasteiger partial charge >= 0.3 is 43.5 Å². The molecule has 0 spiro atoms. The van der Waals surface area contributed by atoms with Crippen molar-refractivity contribution in [3.8, 4) is 0 Å². The molecule has 3 aromatic carbocycles. The molecule has 13 nitrogen and oxygen atoms in total. The number of nitrogens with two attached hydrogens (primary N) is 1. The number of nitrogens with zero attached hydrogens (tertiary/aromatic N) is 1. The maximum absolute atomic E-state index is 14.3. The van der Waals surface area contributed by atoms with Gasteiger partial charge in [0.25, 0.3) is 0 Å². The Morgan fingerprint density at radius 1 is 0.980 bits per heavy atom. The molecule has 0 aliphatic rings. The van der Waals surface area contributed by atoms with Crippen LogP contribution in [0, 0.1) is 11.7 Å². The van der Waals surface area contributed by atoms with E-state index in [2.05, 4.69) is 10.6 Å². The minimum absolute atomic E-state index is 0. The first kappa shape index (κ1) is 43.3. The molecule has 0 saturated heterocycles. The molecule has 6 N–H and O–H groups in total. The predicted molar refractivity (Wildman–Crippen MR) is 189 cm³/mol. The standard InChI is InChI=1S/C33H44FN4O9PS.Na.H/c1-23(2)21-38(49(44,45)27-17-18-29(35)28(34)20-27)26(22-47-48(41,42)43)16-10-11-19-36-32(39)31(37-33(40)46-3)30(24-12-6-4-7-13-24)25-14-8-5-9-15-25;;/h4-9,12-15,17-18,20,23,26,30-31H,10-11,16,19,21-22,35H2,1-3H3,(H,36,39)(H,37,40)(H2,41,42,43);;/t26-,31-;;/m0../s1. The van der Waals surface area contributed by atoms with Crippen molar-refractivity contribution in [1.29, 1.82) is 0 Å². The number of unbranched alkanes of at least 4 members (excludes halogenated alkanes) is 1. The van der Waals surface area contributed by atoms with Gasteiger partial charge in [-0.2, -0.15) is 4.31 Å². The van der Waals surface area contributed by atoms with E-state index in [0.29, 0.717) is 12.8 Å². The molecule has 50 heavy (non-hydrogen) atoms. The third kappa shape index (κ3) is 13.0. The molecule has 17 heteroatoms. The van der Waals surface area contributed by atoms with Crippen LogP contribution in [0.15, 0.2) is 83.8 Å². The van der Waals surface area contributed by atoms with Crippen molar-refractivity contribution in [2.45, 2.75) is 56.0 Å². The van der Waals surface area contributed by atoms with E-state index in [0.717, 1.165) is 33.6 Å². The Hall–Kier alpha value is -2.85. The number of halogens is 1. The molecular formula is C33H45FN4NaO9PS. The number of nitrogen functional groups attached to an aromatic ring is 1. The average Bonchev–Trinajstić information content (AvgIpc) is 3.06. The Kier molecular flexibility index (Phi) is 17.5. The van der Waals surface area contributed by atoms with Gasteiger partial charge in [0, 0.05) is 25.0 Å². The average molecular weight is 747 g/mol. The summed E-state index contributed by atoms with van der Waals surface area (Å²) in [6.07, 6.45) is -0.0840. The zero-order valence-corrected chi connectivity index (χ0v) is 29.3. The van der Waals surface area contributed by atoms with E-state index < -0.39 is 60.3 Å². The quantitative estimate of drug-likeness (QED) is 0.0554. The number of hydrogen-bond donors (Lipinski definition) is 5. The number of nitrogens with one attached hydrogen (secondary N) is 2. The molecule has 2 amide bonds. The Balaban J connectivity index is 0.00000867. The van der Waals surface area contributed by atoms with E-state index in [9.17, 15) is 36.7 Å². The number of sulfonamides is 1. The number of anilines is 1. The second kappa shape index (κ2) is 20.3. The van der Waals surface area contributed by atoms with Crippen molar-refractivity contribution in [3.05, 3.63) is 95.8 Å². The molecule has 270 valence electrons. The second-order valence-electron chi connectivity index (χ2n) is 11.8. The second-order valence-corrected chi connectivity index (χ2v) is 14.9. The number of carbonyl (C=O) groups excluding carboxylic acids is 2. The number of carbonyl (C=O) groups is 2. The number of alkyl carbamates (subject to hydrolysis) is 1. The third-order valence-corrected chi connectivity index (χ3v) is 10.0. The van der Waals surface area contributed by atoms with Crippen molar-refractivity contribution >= 4 is 65.1 Å². The molecule has 0 aromatic heterocycles. The van der Waals surface area contributed by atoms with Crippen LogP contribution in [0.3, 0.4) is 0 Å². The molecule has 0 unspecified atom stereocenters. The first-order chi connectivity index (χ1) is 23.1. The SMILES string of the molecule is COC(=O)N[C@H](C(=O)NCCCC[C@@H](COP(=O)(O)O)N(CC(C)C)S(=O)(=O)c1ccc(N)c(F)c1)C(c1ccccc1)c1ccccc1.[NaH]. The first-order valence-electron chi connectivity index (χ1n) is 15.6. The molecule has 0 bridgehead atoms. The molecule has 0 heterocycles. The molecule has 0 aliphatic carbocycles. The van der Waals surface area contributed by atoms with E-state index in [-0.39, 0.29) is 65.6 Å². The minimum atomic E-state index is -4.98. The van der Waals surface area contributed by atoms with Crippen LogP contribution in [0.1, 0.15) is 50.2 Å². The molecule has 0 radical (unpaired) electrons. The molecule has 3 rings (SSSR count). The molecule has 0 aliphatic heterocycles. The van der Waals surface area contributed by atoms with Crippen LogP contribution in [-0.4, -0.2) is 103 Å². The zero-order valence-electron chi connectivity index (χ0n) is 27.6. The van der Waals surface area contributed by atoms with Gasteiger partial charge in [-0.05, 0) is 48.1 Å². The Bertz CT molecular complexity index is 1650. The van der Waals surface area contributed by atoms with Crippen LogP contribution in [0.4, 0.5) is 14.9 Å². The summed E-state index contributed by atoms with van der Waals surface area (Å²) in [4.78, 5) is 44.5. The van der Waals surface area contributed by atoms with Crippen LogP contribution >= 0.6 is 7.82 Å². The predicted octanol–water partition coefficient (Wildman–Crippen LogP) is 3.73. The topological polar surface area (TPSA) is 198 Å². The van der Waals surface area contributed by atoms with Gasteiger partial charge in [0.1, 0.15) is 11.9 Å².